The van der Waals surface area contributed by atoms with Crippen LogP contribution in [0.2, 0.25) is 0 Å². The summed E-state index contributed by atoms with van der Waals surface area (Å²) >= 11 is 0. The highest BCUT2D eigenvalue weighted by Gasteiger charge is 2.12. The summed E-state index contributed by atoms with van der Waals surface area (Å²) in [5.41, 5.74) is 8.58. The van der Waals surface area contributed by atoms with Crippen LogP contribution in [0.25, 0.3) is 0 Å². The van der Waals surface area contributed by atoms with Crippen LogP contribution >= 0.6 is 0 Å². The quantitative estimate of drug-likeness (QED) is 0.912. The van der Waals surface area contributed by atoms with Gasteiger partial charge >= 0.3 is 0 Å². The molecule has 0 aliphatic rings. The fraction of sp³-hybridized carbons (Fsp3) is 0.200. The van der Waals surface area contributed by atoms with Crippen molar-refractivity contribution in [1.82, 2.24) is 4.98 Å². The molecule has 2 aromatic rings. The maximum absolute atomic E-state index is 8.81. The van der Waals surface area contributed by atoms with Gasteiger partial charge in [0.1, 0.15) is 5.82 Å². The molecule has 1 atom stereocenters. The van der Waals surface area contributed by atoms with Gasteiger partial charge in [0.05, 0.1) is 11.6 Å². The Morgan fingerprint density at radius 1 is 1.26 bits per heavy atom. The third-order valence-electron chi connectivity index (χ3n) is 3.01. The average Bonchev–Trinajstić information content (AvgIpc) is 2.46. The van der Waals surface area contributed by atoms with Crippen molar-refractivity contribution >= 4 is 11.5 Å². The number of pyridine rings is 1. The minimum absolute atomic E-state index is 0.0791. The van der Waals surface area contributed by atoms with E-state index >= 15 is 0 Å². The van der Waals surface area contributed by atoms with Crippen LogP contribution in [-0.4, -0.2) is 12.0 Å². The number of nitrogens with two attached hydrogens (primary N) is 1. The number of nitriles is 1. The average molecular weight is 252 g/mol. The van der Waals surface area contributed by atoms with Crippen molar-refractivity contribution in [2.75, 3.05) is 11.9 Å². The van der Waals surface area contributed by atoms with E-state index in [0.717, 1.165) is 17.1 Å². The highest BCUT2D eigenvalue weighted by Crippen LogP contribution is 2.27. The molecule has 1 aromatic carbocycles. The Labute approximate surface area is 113 Å². The molecule has 0 unspecified atom stereocenters. The lowest BCUT2D eigenvalue weighted by Gasteiger charge is -2.22. The van der Waals surface area contributed by atoms with Gasteiger partial charge < -0.3 is 10.6 Å². The molecule has 0 radical (unpaired) electrons. The first-order valence-corrected chi connectivity index (χ1v) is 6.08. The number of benzene rings is 1. The molecule has 0 saturated heterocycles. The van der Waals surface area contributed by atoms with Gasteiger partial charge in [-0.3, -0.25) is 0 Å². The van der Waals surface area contributed by atoms with Crippen LogP contribution in [0.3, 0.4) is 0 Å². The van der Waals surface area contributed by atoms with Gasteiger partial charge in [-0.2, -0.15) is 5.26 Å². The Morgan fingerprint density at radius 3 is 2.53 bits per heavy atom. The molecule has 0 saturated carbocycles. The second kappa shape index (κ2) is 5.51. The van der Waals surface area contributed by atoms with E-state index in [9.17, 15) is 0 Å². The smallest absolute Gasteiger partial charge is 0.137 e. The van der Waals surface area contributed by atoms with Crippen molar-refractivity contribution < 1.29 is 0 Å². The lowest BCUT2D eigenvalue weighted by atomic mass is 10.1. The summed E-state index contributed by atoms with van der Waals surface area (Å²) in [7, 11) is 1.94. The van der Waals surface area contributed by atoms with E-state index in [4.69, 9.17) is 11.0 Å². The molecule has 96 valence electrons. The van der Waals surface area contributed by atoms with Crippen molar-refractivity contribution in [3.05, 3.63) is 53.7 Å². The van der Waals surface area contributed by atoms with Crippen molar-refractivity contribution in [2.24, 2.45) is 5.73 Å². The fourth-order valence-corrected chi connectivity index (χ4v) is 1.93. The topological polar surface area (TPSA) is 65.9 Å². The van der Waals surface area contributed by atoms with Gasteiger partial charge in [0.2, 0.25) is 0 Å². The summed E-state index contributed by atoms with van der Waals surface area (Å²) in [5, 5.41) is 8.81. The van der Waals surface area contributed by atoms with Gasteiger partial charge in [-0.15, -0.1) is 0 Å². The van der Waals surface area contributed by atoms with Crippen LogP contribution in [0.15, 0.2) is 42.6 Å². The van der Waals surface area contributed by atoms with Crippen LogP contribution in [0.1, 0.15) is 24.1 Å². The summed E-state index contributed by atoms with van der Waals surface area (Å²) in [4.78, 5) is 6.37. The van der Waals surface area contributed by atoms with Crippen LogP contribution in [0, 0.1) is 11.3 Å². The van der Waals surface area contributed by atoms with Crippen molar-refractivity contribution in [2.45, 2.75) is 13.0 Å². The molecular formula is C15H16N4. The van der Waals surface area contributed by atoms with E-state index in [1.807, 2.05) is 43.1 Å². The maximum atomic E-state index is 8.81. The van der Waals surface area contributed by atoms with E-state index in [0.29, 0.717) is 5.56 Å². The highest BCUT2D eigenvalue weighted by molar-refractivity contribution is 5.63. The van der Waals surface area contributed by atoms with E-state index < -0.39 is 0 Å². The number of nitrogens with zero attached hydrogens (tertiary/aromatic N) is 3. The van der Waals surface area contributed by atoms with E-state index in [-0.39, 0.29) is 6.04 Å². The molecule has 19 heavy (non-hydrogen) atoms. The van der Waals surface area contributed by atoms with Crippen LogP contribution in [0.4, 0.5) is 11.5 Å². The van der Waals surface area contributed by atoms with Gasteiger partial charge in [0.25, 0.3) is 0 Å². The highest BCUT2D eigenvalue weighted by atomic mass is 15.2. The predicted molar refractivity (Wildman–Crippen MR) is 76.1 cm³/mol. The second-order valence-corrected chi connectivity index (χ2v) is 4.42. The first-order chi connectivity index (χ1) is 9.13. The Bertz CT molecular complexity index is 596. The van der Waals surface area contributed by atoms with Crippen molar-refractivity contribution in [3.63, 3.8) is 0 Å². The standard InChI is InChI=1S/C15H16N4/c1-11(17)14-4-3-9-18-15(14)19(2)13-7-5-12(10-16)6-8-13/h3-9,11H,17H2,1-2H3/t11-/m1/s1. The van der Waals surface area contributed by atoms with E-state index in [1.165, 1.54) is 0 Å². The zero-order valence-corrected chi connectivity index (χ0v) is 11.0. The zero-order valence-electron chi connectivity index (χ0n) is 11.0. The molecule has 0 amide bonds. The number of aromatic nitrogens is 1. The molecular weight excluding hydrogens is 236 g/mol. The minimum atomic E-state index is -0.0791. The van der Waals surface area contributed by atoms with Gasteiger partial charge in [0, 0.05) is 30.5 Å². The molecule has 4 heteroatoms. The summed E-state index contributed by atoms with van der Waals surface area (Å²) in [6.45, 7) is 1.94. The Kier molecular flexibility index (Phi) is 3.79. The van der Waals surface area contributed by atoms with Crippen LogP contribution < -0.4 is 10.6 Å². The maximum Gasteiger partial charge on any atom is 0.137 e. The van der Waals surface area contributed by atoms with E-state index in [2.05, 4.69) is 11.1 Å². The molecule has 0 fully saturated rings. The third-order valence-corrected chi connectivity index (χ3v) is 3.01. The van der Waals surface area contributed by atoms with Crippen molar-refractivity contribution in [1.29, 1.82) is 5.26 Å². The molecule has 2 rings (SSSR count). The summed E-state index contributed by atoms with van der Waals surface area (Å²) in [5.74, 6) is 0.835. The van der Waals surface area contributed by atoms with Crippen LogP contribution in [-0.2, 0) is 0 Å². The van der Waals surface area contributed by atoms with Crippen LogP contribution in [0.5, 0.6) is 0 Å². The Hall–Kier alpha value is -2.38. The van der Waals surface area contributed by atoms with Crippen molar-refractivity contribution in [3.8, 4) is 6.07 Å². The van der Waals surface area contributed by atoms with Gasteiger partial charge in [-0.05, 0) is 37.3 Å². The summed E-state index contributed by atoms with van der Waals surface area (Å²) in [6, 6.07) is 13.3. The summed E-state index contributed by atoms with van der Waals surface area (Å²) < 4.78 is 0. The van der Waals surface area contributed by atoms with Gasteiger partial charge in [-0.25, -0.2) is 4.98 Å². The molecule has 1 aromatic heterocycles. The number of anilines is 2. The first kappa shape index (κ1) is 13.1. The second-order valence-electron chi connectivity index (χ2n) is 4.42. The minimum Gasteiger partial charge on any atom is -0.329 e. The number of rotatable bonds is 3. The molecule has 0 aliphatic carbocycles. The Morgan fingerprint density at radius 2 is 1.95 bits per heavy atom. The molecule has 0 bridgehead atoms. The van der Waals surface area contributed by atoms with E-state index in [1.54, 1.807) is 18.3 Å². The Balaban J connectivity index is 2.38. The molecule has 0 aliphatic heterocycles. The third kappa shape index (κ3) is 2.72. The lowest BCUT2D eigenvalue weighted by molar-refractivity contribution is 0.808. The zero-order chi connectivity index (χ0) is 13.8. The molecule has 1 heterocycles. The van der Waals surface area contributed by atoms with Gasteiger partial charge in [-0.1, -0.05) is 6.07 Å². The normalized spacial score (nSPS) is 11.7. The van der Waals surface area contributed by atoms with Gasteiger partial charge in [0.15, 0.2) is 0 Å². The molecule has 2 N–H and O–H groups in total. The predicted octanol–water partition coefficient (Wildman–Crippen LogP) is 2.74. The summed E-state index contributed by atoms with van der Waals surface area (Å²) in [6.07, 6.45) is 1.75. The molecule has 0 spiro atoms. The fourth-order valence-electron chi connectivity index (χ4n) is 1.93. The lowest BCUT2D eigenvalue weighted by Crippen LogP contribution is -2.17. The number of hydrogen-bond acceptors (Lipinski definition) is 4. The largest absolute Gasteiger partial charge is 0.329 e. The first-order valence-electron chi connectivity index (χ1n) is 6.08. The SMILES string of the molecule is C[C@@H](N)c1cccnc1N(C)c1ccc(C#N)cc1. The number of hydrogen-bond donors (Lipinski definition) is 1. The monoisotopic (exact) mass is 252 g/mol. The molecule has 4 nitrogen and oxygen atoms in total.